The lowest BCUT2D eigenvalue weighted by Gasteiger charge is -2.18. The quantitative estimate of drug-likeness (QED) is 0.131. The molecule has 4 atom stereocenters. The average Bonchev–Trinajstić information content (AvgIpc) is 3.66. The standard InChI is InChI=1S/C31H36N4O14/c1-16-8-18(29(39)33-13-21(25(38)15-33)31(41)47-4)22(34(42)43)10-26(16)48-6-5-7-49-28-11-23(35(44)45)19(9-27(28)46-3)30(40)32-12-20(17(2)36)24(37)14-32/h8-11,20-21,24-25,37-38H,5-7,12-15H2,1-4H3/t20-,21+,24+,25+/m1/s1. The van der Waals surface area contributed by atoms with Gasteiger partial charge in [0.2, 0.25) is 0 Å². The third-order valence-electron chi connectivity index (χ3n) is 8.41. The Kier molecular flexibility index (Phi) is 11.3. The van der Waals surface area contributed by atoms with E-state index in [9.17, 15) is 49.6 Å². The summed E-state index contributed by atoms with van der Waals surface area (Å²) in [4.78, 5) is 74.6. The smallest absolute Gasteiger partial charge is 0.313 e. The number of rotatable bonds is 13. The van der Waals surface area contributed by atoms with E-state index in [1.165, 1.54) is 25.0 Å². The molecule has 18 nitrogen and oxygen atoms in total. The number of nitro groups is 2. The van der Waals surface area contributed by atoms with Crippen LogP contribution >= 0.6 is 0 Å². The lowest BCUT2D eigenvalue weighted by Crippen LogP contribution is -2.30. The van der Waals surface area contributed by atoms with Crippen LogP contribution in [0.25, 0.3) is 0 Å². The second-order valence-electron chi connectivity index (χ2n) is 11.6. The van der Waals surface area contributed by atoms with Crippen molar-refractivity contribution in [2.24, 2.45) is 11.8 Å². The van der Waals surface area contributed by atoms with Gasteiger partial charge in [-0.25, -0.2) is 0 Å². The molecule has 2 N–H and O–H groups in total. The molecule has 2 aromatic carbocycles. The van der Waals surface area contributed by atoms with Crippen molar-refractivity contribution in [3.63, 3.8) is 0 Å². The number of nitro benzene ring substituents is 2. The van der Waals surface area contributed by atoms with Gasteiger partial charge in [0.15, 0.2) is 11.5 Å². The van der Waals surface area contributed by atoms with Crippen molar-refractivity contribution >= 4 is 34.9 Å². The number of aliphatic hydroxyl groups excluding tert-OH is 2. The van der Waals surface area contributed by atoms with E-state index in [-0.39, 0.29) is 80.0 Å². The first-order chi connectivity index (χ1) is 23.2. The molecule has 0 bridgehead atoms. The highest BCUT2D eigenvalue weighted by atomic mass is 16.6. The van der Waals surface area contributed by atoms with E-state index >= 15 is 0 Å². The highest BCUT2D eigenvalue weighted by Crippen LogP contribution is 2.37. The largest absolute Gasteiger partial charge is 0.493 e. The molecule has 18 heteroatoms. The molecular weight excluding hydrogens is 652 g/mol. The van der Waals surface area contributed by atoms with Gasteiger partial charge in [-0.15, -0.1) is 0 Å². The number of nitrogens with zero attached hydrogens (tertiary/aromatic N) is 4. The van der Waals surface area contributed by atoms with Crippen LogP contribution < -0.4 is 14.2 Å². The molecule has 2 fully saturated rings. The summed E-state index contributed by atoms with van der Waals surface area (Å²) in [5.41, 5.74) is -1.26. The molecule has 2 aliphatic rings. The Morgan fingerprint density at radius 1 is 0.776 bits per heavy atom. The summed E-state index contributed by atoms with van der Waals surface area (Å²) in [6, 6.07) is 4.59. The van der Waals surface area contributed by atoms with Crippen LogP contribution in [0.1, 0.15) is 39.6 Å². The first-order valence-corrected chi connectivity index (χ1v) is 15.1. The Morgan fingerprint density at radius 2 is 1.27 bits per heavy atom. The number of aliphatic hydroxyl groups is 2. The molecule has 0 aromatic heterocycles. The molecule has 0 spiro atoms. The average molecular weight is 689 g/mol. The van der Waals surface area contributed by atoms with Crippen LogP contribution in [-0.4, -0.2) is 119 Å². The number of ether oxygens (including phenoxy) is 4. The van der Waals surface area contributed by atoms with Crippen molar-refractivity contribution in [3.8, 4) is 17.2 Å². The summed E-state index contributed by atoms with van der Waals surface area (Å²) >= 11 is 0. The van der Waals surface area contributed by atoms with Gasteiger partial charge in [-0.3, -0.25) is 39.4 Å². The molecular formula is C31H36N4O14. The lowest BCUT2D eigenvalue weighted by atomic mass is 10.0. The van der Waals surface area contributed by atoms with Gasteiger partial charge in [-0.2, -0.15) is 0 Å². The fraction of sp³-hybridized carbons (Fsp3) is 0.484. The zero-order valence-electron chi connectivity index (χ0n) is 27.2. The Balaban J connectivity index is 1.41. The van der Waals surface area contributed by atoms with E-state index in [1.54, 1.807) is 6.92 Å². The van der Waals surface area contributed by atoms with E-state index in [4.69, 9.17) is 14.2 Å². The second-order valence-corrected chi connectivity index (χ2v) is 11.6. The minimum absolute atomic E-state index is 0.0139. The topological polar surface area (TPSA) is 238 Å². The lowest BCUT2D eigenvalue weighted by molar-refractivity contribution is -0.385. The molecule has 264 valence electrons. The normalized spacial score (nSPS) is 20.1. The maximum Gasteiger partial charge on any atom is 0.313 e. The first-order valence-electron chi connectivity index (χ1n) is 15.1. The highest BCUT2D eigenvalue weighted by molar-refractivity contribution is 6.00. The van der Waals surface area contributed by atoms with Gasteiger partial charge in [-0.1, -0.05) is 0 Å². The molecule has 2 amide bonds. The molecule has 2 aliphatic heterocycles. The van der Waals surface area contributed by atoms with E-state index in [1.807, 2.05) is 0 Å². The van der Waals surface area contributed by atoms with Gasteiger partial charge in [-0.05, 0) is 25.5 Å². The number of benzene rings is 2. The first kappa shape index (κ1) is 36.5. The van der Waals surface area contributed by atoms with Crippen molar-refractivity contribution in [3.05, 3.63) is 61.2 Å². The Bertz CT molecular complexity index is 1660. The fourth-order valence-corrected chi connectivity index (χ4v) is 5.75. The van der Waals surface area contributed by atoms with Crippen LogP contribution in [0.2, 0.25) is 0 Å². The number of carbonyl (C=O) groups excluding carboxylic acids is 4. The van der Waals surface area contributed by atoms with Crippen molar-refractivity contribution in [2.75, 3.05) is 53.6 Å². The molecule has 2 saturated heterocycles. The van der Waals surface area contributed by atoms with Gasteiger partial charge in [0, 0.05) is 38.7 Å². The van der Waals surface area contributed by atoms with Crippen LogP contribution in [0, 0.1) is 39.0 Å². The van der Waals surface area contributed by atoms with Gasteiger partial charge in [0.1, 0.15) is 28.6 Å². The summed E-state index contributed by atoms with van der Waals surface area (Å²) in [7, 11) is 2.43. The molecule has 0 unspecified atom stereocenters. The van der Waals surface area contributed by atoms with Crippen LogP contribution in [0.4, 0.5) is 11.4 Å². The van der Waals surface area contributed by atoms with Crippen LogP contribution in [0.15, 0.2) is 24.3 Å². The number of amides is 2. The minimum Gasteiger partial charge on any atom is -0.493 e. The number of likely N-dealkylation sites (tertiary alicyclic amines) is 2. The second kappa shape index (κ2) is 15.2. The fourth-order valence-electron chi connectivity index (χ4n) is 5.75. The van der Waals surface area contributed by atoms with Gasteiger partial charge < -0.3 is 39.0 Å². The Hall–Kier alpha value is -5.36. The zero-order valence-corrected chi connectivity index (χ0v) is 27.2. The van der Waals surface area contributed by atoms with Crippen molar-refractivity contribution in [1.82, 2.24) is 9.80 Å². The highest BCUT2D eigenvalue weighted by Gasteiger charge is 2.41. The van der Waals surface area contributed by atoms with Crippen molar-refractivity contribution < 1.29 is 58.2 Å². The van der Waals surface area contributed by atoms with E-state index in [0.29, 0.717) is 5.56 Å². The number of carbonyl (C=O) groups is 4. The SMILES string of the molecule is COC(=O)[C@H]1CN(C(=O)c2cc(C)c(OCCCOc3cc([N+](=O)[O-])c(C(=O)N4C[C@H](C(C)=O)[C@@H](O)C4)cc3OC)cc2[N+](=O)[O-])C[C@@H]1O. The number of β-amino-alcohol motifs (C(OH)–C–C–N with tert-alkyl or cyclic N) is 2. The number of aryl methyl sites for hydroxylation is 1. The number of hydrogen-bond acceptors (Lipinski definition) is 14. The molecule has 0 aliphatic carbocycles. The summed E-state index contributed by atoms with van der Waals surface area (Å²) in [6.07, 6.45) is -2.07. The predicted octanol–water partition coefficient (Wildman–Crippen LogP) is 1.30. The molecule has 0 saturated carbocycles. The van der Waals surface area contributed by atoms with Gasteiger partial charge in [0.25, 0.3) is 23.2 Å². The number of methoxy groups -OCH3 is 2. The molecule has 0 radical (unpaired) electrons. The van der Waals surface area contributed by atoms with Gasteiger partial charge >= 0.3 is 5.97 Å². The Morgan fingerprint density at radius 3 is 1.76 bits per heavy atom. The monoisotopic (exact) mass is 688 g/mol. The van der Waals surface area contributed by atoms with E-state index in [2.05, 4.69) is 4.74 Å². The van der Waals surface area contributed by atoms with Crippen molar-refractivity contribution in [1.29, 1.82) is 0 Å². The van der Waals surface area contributed by atoms with Crippen LogP contribution in [0.5, 0.6) is 17.2 Å². The summed E-state index contributed by atoms with van der Waals surface area (Å²) in [5.74, 6) is -4.17. The molecule has 2 heterocycles. The minimum atomic E-state index is -1.18. The predicted molar refractivity (Wildman–Crippen MR) is 167 cm³/mol. The number of hydrogen-bond donors (Lipinski definition) is 2. The molecule has 2 aromatic rings. The van der Waals surface area contributed by atoms with E-state index < -0.39 is 63.0 Å². The van der Waals surface area contributed by atoms with Crippen LogP contribution in [0.3, 0.4) is 0 Å². The third-order valence-corrected chi connectivity index (χ3v) is 8.41. The van der Waals surface area contributed by atoms with E-state index in [0.717, 1.165) is 30.2 Å². The maximum atomic E-state index is 13.2. The summed E-state index contributed by atoms with van der Waals surface area (Å²) in [5, 5.41) is 44.1. The van der Waals surface area contributed by atoms with Gasteiger partial charge in [0.05, 0.1) is 67.5 Å². The number of Topliss-reactive ketones (excluding diaryl/α,β-unsaturated/α-hetero) is 1. The third kappa shape index (κ3) is 7.86. The van der Waals surface area contributed by atoms with Crippen LogP contribution in [-0.2, 0) is 14.3 Å². The molecule has 4 rings (SSSR count). The summed E-state index contributed by atoms with van der Waals surface area (Å²) < 4.78 is 21.4. The maximum absolute atomic E-state index is 13.2. The zero-order chi connectivity index (χ0) is 36.2. The summed E-state index contributed by atoms with van der Waals surface area (Å²) in [6.45, 7) is 2.19. The number of esters is 1. The van der Waals surface area contributed by atoms with Crippen molar-refractivity contribution in [2.45, 2.75) is 32.5 Å². The molecule has 49 heavy (non-hydrogen) atoms. The Labute approximate surface area is 279 Å². The number of ketones is 1.